The van der Waals surface area contributed by atoms with E-state index >= 15 is 0 Å². The standard InChI is InChI=1S/C21H25FN2OS/c1-15-6-2-4-8-19(15)23-21(26)24(18-12-10-17(22)11-13-18)14-16-7-3-5-9-20(16)25/h3,5,7,9-13,15,19,25H,2,4,6,8,14H2,1H3,(H,23,26)/t15-,19+/m0/s1. The van der Waals surface area contributed by atoms with Crippen LogP contribution in [-0.2, 0) is 6.54 Å². The first kappa shape index (κ1) is 18.6. The van der Waals surface area contributed by atoms with Crippen molar-refractivity contribution in [2.24, 2.45) is 5.92 Å². The van der Waals surface area contributed by atoms with Crippen LogP contribution in [0.25, 0.3) is 0 Å². The topological polar surface area (TPSA) is 35.5 Å². The number of phenols is 1. The Morgan fingerprint density at radius 2 is 1.85 bits per heavy atom. The molecule has 0 bridgehead atoms. The lowest BCUT2D eigenvalue weighted by Crippen LogP contribution is -2.47. The average molecular weight is 373 g/mol. The summed E-state index contributed by atoms with van der Waals surface area (Å²) in [5.74, 6) is 0.520. The van der Waals surface area contributed by atoms with Crippen molar-refractivity contribution in [1.82, 2.24) is 5.32 Å². The molecule has 0 amide bonds. The van der Waals surface area contributed by atoms with Gasteiger partial charge in [-0.1, -0.05) is 38.0 Å². The molecule has 2 aromatic rings. The molecular weight excluding hydrogens is 347 g/mol. The second-order valence-corrected chi connectivity index (χ2v) is 7.40. The van der Waals surface area contributed by atoms with E-state index in [0.717, 1.165) is 17.7 Å². The van der Waals surface area contributed by atoms with Crippen molar-refractivity contribution in [1.29, 1.82) is 0 Å². The van der Waals surface area contributed by atoms with E-state index in [1.54, 1.807) is 24.3 Å². The molecule has 0 spiro atoms. The molecule has 0 radical (unpaired) electrons. The minimum absolute atomic E-state index is 0.230. The molecule has 1 saturated carbocycles. The molecule has 2 N–H and O–H groups in total. The van der Waals surface area contributed by atoms with Gasteiger partial charge in [-0.15, -0.1) is 0 Å². The zero-order chi connectivity index (χ0) is 18.5. The fourth-order valence-electron chi connectivity index (χ4n) is 3.48. The highest BCUT2D eigenvalue weighted by Crippen LogP contribution is 2.26. The van der Waals surface area contributed by atoms with Crippen molar-refractivity contribution in [2.75, 3.05) is 4.90 Å². The zero-order valence-electron chi connectivity index (χ0n) is 15.0. The van der Waals surface area contributed by atoms with Crippen LogP contribution in [0.1, 0.15) is 38.2 Å². The molecule has 1 fully saturated rings. The fourth-order valence-corrected chi connectivity index (χ4v) is 3.80. The van der Waals surface area contributed by atoms with Gasteiger partial charge in [-0.2, -0.15) is 0 Å². The summed E-state index contributed by atoms with van der Waals surface area (Å²) < 4.78 is 13.4. The summed E-state index contributed by atoms with van der Waals surface area (Å²) in [6.07, 6.45) is 4.79. The molecule has 2 aromatic carbocycles. The first-order valence-corrected chi connectivity index (χ1v) is 9.56. The fraction of sp³-hybridized carbons (Fsp3) is 0.381. The monoisotopic (exact) mass is 372 g/mol. The van der Waals surface area contributed by atoms with Crippen LogP contribution in [0.5, 0.6) is 5.75 Å². The third-order valence-corrected chi connectivity index (χ3v) is 5.46. The van der Waals surface area contributed by atoms with Gasteiger partial charge >= 0.3 is 0 Å². The summed E-state index contributed by atoms with van der Waals surface area (Å²) in [6, 6.07) is 13.9. The lowest BCUT2D eigenvalue weighted by Gasteiger charge is -2.34. The van der Waals surface area contributed by atoms with Crippen LogP contribution < -0.4 is 10.2 Å². The maximum absolute atomic E-state index is 13.4. The summed E-state index contributed by atoms with van der Waals surface area (Å²) >= 11 is 5.71. The van der Waals surface area contributed by atoms with Gasteiger partial charge in [0.2, 0.25) is 0 Å². The Balaban J connectivity index is 1.83. The van der Waals surface area contributed by atoms with Crippen LogP contribution in [0.2, 0.25) is 0 Å². The minimum atomic E-state index is -0.281. The van der Waals surface area contributed by atoms with E-state index in [1.807, 2.05) is 17.0 Å². The molecule has 0 heterocycles. The third kappa shape index (κ3) is 4.52. The number of para-hydroxylation sites is 1. The SMILES string of the molecule is C[C@H]1CCCC[C@H]1NC(=S)N(Cc1ccccc1O)c1ccc(F)cc1. The zero-order valence-corrected chi connectivity index (χ0v) is 15.8. The molecule has 2 atom stereocenters. The molecule has 26 heavy (non-hydrogen) atoms. The predicted octanol–water partition coefficient (Wildman–Crippen LogP) is 4.99. The maximum Gasteiger partial charge on any atom is 0.174 e. The van der Waals surface area contributed by atoms with Crippen LogP contribution in [0.3, 0.4) is 0 Å². The summed E-state index contributed by atoms with van der Waals surface area (Å²) in [6.45, 7) is 2.68. The lowest BCUT2D eigenvalue weighted by molar-refractivity contribution is 0.309. The number of thiocarbonyl (C=S) groups is 1. The number of nitrogens with zero attached hydrogens (tertiary/aromatic N) is 1. The summed E-state index contributed by atoms with van der Waals surface area (Å²) in [5, 5.41) is 14.3. The number of phenolic OH excluding ortho intramolecular Hbond substituents is 1. The number of aromatic hydroxyl groups is 1. The van der Waals surface area contributed by atoms with Crippen molar-refractivity contribution < 1.29 is 9.50 Å². The Bertz CT molecular complexity index is 750. The first-order chi connectivity index (χ1) is 12.5. The molecular formula is C21H25FN2OS. The Morgan fingerprint density at radius 1 is 1.15 bits per heavy atom. The van der Waals surface area contributed by atoms with Gasteiger partial charge in [-0.3, -0.25) is 0 Å². The van der Waals surface area contributed by atoms with Crippen molar-refractivity contribution >= 4 is 23.0 Å². The van der Waals surface area contributed by atoms with Gasteiger partial charge < -0.3 is 15.3 Å². The third-order valence-electron chi connectivity index (χ3n) is 5.12. The Labute approximate surface area is 159 Å². The highest BCUT2D eigenvalue weighted by Gasteiger charge is 2.24. The van der Waals surface area contributed by atoms with Gasteiger partial charge in [0.05, 0.1) is 6.54 Å². The predicted molar refractivity (Wildman–Crippen MR) is 108 cm³/mol. The number of hydrogen-bond donors (Lipinski definition) is 2. The lowest BCUT2D eigenvalue weighted by atomic mass is 9.86. The summed E-state index contributed by atoms with van der Waals surface area (Å²) in [5.41, 5.74) is 1.58. The summed E-state index contributed by atoms with van der Waals surface area (Å²) in [7, 11) is 0. The number of benzene rings is 2. The molecule has 0 aromatic heterocycles. The number of rotatable bonds is 4. The molecule has 5 heteroatoms. The Kier molecular flexibility index (Phi) is 6.09. The smallest absolute Gasteiger partial charge is 0.174 e. The van der Waals surface area contributed by atoms with Gasteiger partial charge in [0.25, 0.3) is 0 Å². The number of hydrogen-bond acceptors (Lipinski definition) is 2. The largest absolute Gasteiger partial charge is 0.508 e. The second-order valence-electron chi connectivity index (χ2n) is 7.01. The molecule has 3 rings (SSSR count). The maximum atomic E-state index is 13.4. The highest BCUT2D eigenvalue weighted by atomic mass is 32.1. The van der Waals surface area contributed by atoms with Crippen molar-refractivity contribution in [2.45, 2.75) is 45.2 Å². The van der Waals surface area contributed by atoms with Gasteiger partial charge in [-0.05, 0) is 61.3 Å². The van der Waals surface area contributed by atoms with Gasteiger partial charge in [0.1, 0.15) is 11.6 Å². The molecule has 138 valence electrons. The van der Waals surface area contributed by atoms with E-state index in [2.05, 4.69) is 12.2 Å². The second kappa shape index (κ2) is 8.49. The molecule has 1 aliphatic carbocycles. The Morgan fingerprint density at radius 3 is 2.54 bits per heavy atom. The molecule has 3 nitrogen and oxygen atoms in total. The molecule has 0 unspecified atom stereocenters. The van der Waals surface area contributed by atoms with Gasteiger partial charge in [-0.25, -0.2) is 4.39 Å². The van der Waals surface area contributed by atoms with Crippen molar-refractivity contribution in [3.8, 4) is 5.75 Å². The highest BCUT2D eigenvalue weighted by molar-refractivity contribution is 7.80. The Hall–Kier alpha value is -2.14. The minimum Gasteiger partial charge on any atom is -0.508 e. The van der Waals surface area contributed by atoms with Crippen molar-refractivity contribution in [3.05, 3.63) is 59.9 Å². The van der Waals surface area contributed by atoms with Crippen LogP contribution >= 0.6 is 12.2 Å². The van der Waals surface area contributed by atoms with E-state index in [-0.39, 0.29) is 11.6 Å². The van der Waals surface area contributed by atoms with Crippen LogP contribution in [0, 0.1) is 11.7 Å². The quantitative estimate of drug-likeness (QED) is 0.741. The van der Waals surface area contributed by atoms with E-state index < -0.39 is 0 Å². The number of halogens is 1. The van der Waals surface area contributed by atoms with Crippen LogP contribution in [-0.4, -0.2) is 16.3 Å². The van der Waals surface area contributed by atoms with Gasteiger partial charge in [0.15, 0.2) is 5.11 Å². The normalized spacial score (nSPS) is 19.8. The van der Waals surface area contributed by atoms with Crippen LogP contribution in [0.4, 0.5) is 10.1 Å². The molecule has 1 aliphatic rings. The van der Waals surface area contributed by atoms with Gasteiger partial charge in [0, 0.05) is 17.3 Å². The van der Waals surface area contributed by atoms with E-state index in [9.17, 15) is 9.50 Å². The van der Waals surface area contributed by atoms with E-state index in [0.29, 0.717) is 23.6 Å². The summed E-state index contributed by atoms with van der Waals surface area (Å²) in [4.78, 5) is 1.92. The van der Waals surface area contributed by atoms with E-state index in [4.69, 9.17) is 12.2 Å². The molecule has 0 aliphatic heterocycles. The van der Waals surface area contributed by atoms with Crippen molar-refractivity contribution in [3.63, 3.8) is 0 Å². The number of anilines is 1. The first-order valence-electron chi connectivity index (χ1n) is 9.15. The van der Waals surface area contributed by atoms with E-state index in [1.165, 1.54) is 31.4 Å². The molecule has 0 saturated heterocycles. The van der Waals surface area contributed by atoms with Crippen LogP contribution in [0.15, 0.2) is 48.5 Å². The average Bonchev–Trinajstić information content (AvgIpc) is 2.64. The number of nitrogens with one attached hydrogen (secondary N) is 1.